The van der Waals surface area contributed by atoms with Crippen molar-refractivity contribution in [2.45, 2.75) is 13.0 Å². The van der Waals surface area contributed by atoms with E-state index in [1.165, 1.54) is 11.3 Å². The number of amides is 1. The van der Waals surface area contributed by atoms with Crippen LogP contribution in [0.25, 0.3) is 21.6 Å². The second-order valence-electron chi connectivity index (χ2n) is 7.34. The van der Waals surface area contributed by atoms with Crippen molar-refractivity contribution >= 4 is 34.2 Å². The third kappa shape index (κ3) is 4.33. The van der Waals surface area contributed by atoms with Crippen LogP contribution in [0.4, 0.5) is 5.95 Å². The van der Waals surface area contributed by atoms with Gasteiger partial charge in [0, 0.05) is 30.2 Å². The molecule has 0 spiro atoms. The number of fused-ring (bicyclic) bond motifs is 1. The molecule has 3 aromatic heterocycles. The lowest BCUT2D eigenvalue weighted by molar-refractivity contribution is 0.102. The zero-order chi connectivity index (χ0) is 22.6. The van der Waals surface area contributed by atoms with Gasteiger partial charge in [0.25, 0.3) is 5.91 Å². The predicted octanol–water partition coefficient (Wildman–Crippen LogP) is 5.06. The van der Waals surface area contributed by atoms with Crippen molar-refractivity contribution in [3.05, 3.63) is 89.7 Å². The van der Waals surface area contributed by atoms with E-state index in [1.807, 2.05) is 71.3 Å². The van der Waals surface area contributed by atoms with Gasteiger partial charge < -0.3 is 9.30 Å². The van der Waals surface area contributed by atoms with Crippen LogP contribution in [0.2, 0.25) is 0 Å². The summed E-state index contributed by atoms with van der Waals surface area (Å²) in [5, 5.41) is 5.42. The molecule has 0 fully saturated rings. The number of hydrogen-bond acceptors (Lipinski definition) is 6. The normalized spacial score (nSPS) is 10.9. The lowest BCUT2D eigenvalue weighted by atomic mass is 10.2. The number of pyridine rings is 1. The lowest BCUT2D eigenvalue weighted by Gasteiger charge is -2.09. The molecule has 3 heterocycles. The summed E-state index contributed by atoms with van der Waals surface area (Å²) in [5.41, 5.74) is 3.95. The maximum Gasteiger partial charge on any atom is 0.277 e. The molecular formula is C25H21N5O2S. The number of thiazole rings is 1. The molecule has 0 bridgehead atoms. The number of benzene rings is 2. The molecule has 2 aromatic carbocycles. The number of hydrogen-bond donors (Lipinski definition) is 1. The number of imidazole rings is 1. The molecule has 0 atom stereocenters. The second kappa shape index (κ2) is 9.22. The fraction of sp³-hybridized carbons (Fsp3) is 0.120. The molecule has 1 N–H and O–H groups in total. The number of aromatic nitrogens is 4. The zero-order valence-corrected chi connectivity index (χ0v) is 18.7. The highest BCUT2D eigenvalue weighted by Gasteiger charge is 2.18. The summed E-state index contributed by atoms with van der Waals surface area (Å²) in [6.07, 6.45) is 2.50. The van der Waals surface area contributed by atoms with E-state index in [-0.39, 0.29) is 5.91 Å². The molecule has 164 valence electrons. The Morgan fingerprint density at radius 3 is 2.70 bits per heavy atom. The van der Waals surface area contributed by atoms with Gasteiger partial charge in [0.1, 0.15) is 16.5 Å². The number of methoxy groups -OCH3 is 1. The van der Waals surface area contributed by atoms with E-state index in [1.54, 1.807) is 18.7 Å². The van der Waals surface area contributed by atoms with Gasteiger partial charge in [0.15, 0.2) is 0 Å². The molecule has 0 aliphatic carbocycles. The largest absolute Gasteiger partial charge is 0.496 e. The number of carbonyl (C=O) groups excluding carboxylic acids is 1. The molecule has 0 saturated heterocycles. The van der Waals surface area contributed by atoms with E-state index in [2.05, 4.69) is 20.3 Å². The van der Waals surface area contributed by atoms with Crippen LogP contribution in [-0.2, 0) is 13.0 Å². The van der Waals surface area contributed by atoms with E-state index in [0.717, 1.165) is 39.5 Å². The third-order valence-corrected chi connectivity index (χ3v) is 6.15. The zero-order valence-electron chi connectivity index (χ0n) is 17.9. The number of carbonyl (C=O) groups is 1. The fourth-order valence-corrected chi connectivity index (χ4v) is 4.49. The highest BCUT2D eigenvalue weighted by Crippen LogP contribution is 2.32. The second-order valence-corrected chi connectivity index (χ2v) is 8.20. The van der Waals surface area contributed by atoms with Gasteiger partial charge in [-0.15, -0.1) is 11.3 Å². The van der Waals surface area contributed by atoms with Crippen LogP contribution in [0.15, 0.2) is 78.3 Å². The van der Waals surface area contributed by atoms with Gasteiger partial charge in [-0.3, -0.25) is 15.1 Å². The average molecular weight is 456 g/mol. The first kappa shape index (κ1) is 20.8. The summed E-state index contributed by atoms with van der Waals surface area (Å²) in [5.74, 6) is 0.904. The Kier molecular flexibility index (Phi) is 5.82. The number of nitrogens with zero attached hydrogens (tertiary/aromatic N) is 4. The Labute approximate surface area is 194 Å². The molecule has 0 unspecified atom stereocenters. The number of ether oxygens (including phenoxy) is 1. The topological polar surface area (TPSA) is 81.9 Å². The van der Waals surface area contributed by atoms with Gasteiger partial charge in [0.05, 0.1) is 23.7 Å². The number of nitrogens with one attached hydrogen (secondary N) is 1. The van der Waals surface area contributed by atoms with E-state index in [9.17, 15) is 4.79 Å². The van der Waals surface area contributed by atoms with Crippen molar-refractivity contribution in [1.29, 1.82) is 0 Å². The van der Waals surface area contributed by atoms with Crippen molar-refractivity contribution in [1.82, 2.24) is 19.5 Å². The minimum atomic E-state index is -0.304. The molecule has 0 aliphatic heterocycles. The third-order valence-electron chi connectivity index (χ3n) is 5.27. The molecule has 5 aromatic rings. The first-order valence-corrected chi connectivity index (χ1v) is 11.4. The first-order chi connectivity index (χ1) is 16.2. The minimum Gasteiger partial charge on any atom is -0.496 e. The molecule has 5 rings (SSSR count). The standard InChI is InChI=1S/C25H21N5O2S/c1-32-22-12-5-2-9-18(22)24-27-20(16-33-24)23(31)29-25-28-19-10-3-4-11-21(19)30(25)15-13-17-8-6-7-14-26-17/h2-12,14,16H,13,15H2,1H3,(H,28,29,31). The van der Waals surface area contributed by atoms with Crippen LogP contribution in [0.1, 0.15) is 16.2 Å². The van der Waals surface area contributed by atoms with Gasteiger partial charge in [-0.25, -0.2) is 9.97 Å². The van der Waals surface area contributed by atoms with Gasteiger partial charge >= 0.3 is 0 Å². The van der Waals surface area contributed by atoms with Crippen LogP contribution in [0.3, 0.4) is 0 Å². The van der Waals surface area contributed by atoms with Crippen molar-refractivity contribution in [3.8, 4) is 16.3 Å². The molecule has 0 radical (unpaired) electrons. The SMILES string of the molecule is COc1ccccc1-c1nc(C(=O)Nc2nc3ccccc3n2CCc2ccccn2)cs1. The van der Waals surface area contributed by atoms with Crippen molar-refractivity contribution in [2.24, 2.45) is 0 Å². The average Bonchev–Trinajstić information content (AvgIpc) is 3.48. The van der Waals surface area contributed by atoms with Crippen molar-refractivity contribution in [3.63, 3.8) is 0 Å². The molecule has 1 amide bonds. The van der Waals surface area contributed by atoms with Crippen molar-refractivity contribution in [2.75, 3.05) is 12.4 Å². The Balaban J connectivity index is 1.41. The van der Waals surface area contributed by atoms with Gasteiger partial charge in [0.2, 0.25) is 5.95 Å². The van der Waals surface area contributed by atoms with E-state index in [0.29, 0.717) is 18.2 Å². The maximum absolute atomic E-state index is 13.1. The minimum absolute atomic E-state index is 0.304. The first-order valence-electron chi connectivity index (χ1n) is 10.5. The monoisotopic (exact) mass is 455 g/mol. The van der Waals surface area contributed by atoms with Gasteiger partial charge in [-0.1, -0.05) is 30.3 Å². The van der Waals surface area contributed by atoms with Crippen LogP contribution < -0.4 is 10.1 Å². The van der Waals surface area contributed by atoms with Crippen LogP contribution in [-0.4, -0.2) is 32.5 Å². The Hall–Kier alpha value is -4.04. The number of para-hydroxylation sites is 3. The fourth-order valence-electron chi connectivity index (χ4n) is 3.66. The molecule has 0 aliphatic rings. The molecular weight excluding hydrogens is 434 g/mol. The van der Waals surface area contributed by atoms with Crippen LogP contribution >= 0.6 is 11.3 Å². The van der Waals surface area contributed by atoms with E-state index >= 15 is 0 Å². The van der Waals surface area contributed by atoms with Gasteiger partial charge in [-0.05, 0) is 36.4 Å². The maximum atomic E-state index is 13.1. The van der Waals surface area contributed by atoms with Crippen LogP contribution in [0, 0.1) is 0 Å². The molecule has 8 heteroatoms. The summed E-state index contributed by atoms with van der Waals surface area (Å²) in [6, 6.07) is 21.3. The molecule has 0 saturated carbocycles. The smallest absolute Gasteiger partial charge is 0.277 e. The lowest BCUT2D eigenvalue weighted by Crippen LogP contribution is -2.17. The molecule has 7 nitrogen and oxygen atoms in total. The summed E-state index contributed by atoms with van der Waals surface area (Å²) in [4.78, 5) is 26.6. The summed E-state index contributed by atoms with van der Waals surface area (Å²) < 4.78 is 7.43. The Morgan fingerprint density at radius 2 is 1.85 bits per heavy atom. The Morgan fingerprint density at radius 1 is 1.03 bits per heavy atom. The van der Waals surface area contributed by atoms with E-state index in [4.69, 9.17) is 4.74 Å². The highest BCUT2D eigenvalue weighted by atomic mass is 32.1. The summed E-state index contributed by atoms with van der Waals surface area (Å²) in [7, 11) is 1.62. The summed E-state index contributed by atoms with van der Waals surface area (Å²) >= 11 is 1.40. The number of rotatable bonds is 7. The number of anilines is 1. The molecule has 33 heavy (non-hydrogen) atoms. The quantitative estimate of drug-likeness (QED) is 0.371. The van der Waals surface area contributed by atoms with Gasteiger partial charge in [-0.2, -0.15) is 0 Å². The highest BCUT2D eigenvalue weighted by molar-refractivity contribution is 7.13. The summed E-state index contributed by atoms with van der Waals surface area (Å²) in [6.45, 7) is 0.636. The number of aryl methyl sites for hydroxylation is 2. The predicted molar refractivity (Wildman–Crippen MR) is 130 cm³/mol. The van der Waals surface area contributed by atoms with E-state index < -0.39 is 0 Å². The van der Waals surface area contributed by atoms with Crippen molar-refractivity contribution < 1.29 is 9.53 Å². The van der Waals surface area contributed by atoms with Crippen LogP contribution in [0.5, 0.6) is 5.75 Å². The Bertz CT molecular complexity index is 1410.